The van der Waals surface area contributed by atoms with Gasteiger partial charge >= 0.3 is 0 Å². The molecule has 0 spiro atoms. The molecule has 1 aliphatic carbocycles. The van der Waals surface area contributed by atoms with Crippen molar-refractivity contribution in [3.63, 3.8) is 0 Å². The molecule has 1 saturated heterocycles. The van der Waals surface area contributed by atoms with Crippen molar-refractivity contribution in [2.75, 3.05) is 30.0 Å². The van der Waals surface area contributed by atoms with Crippen LogP contribution >= 0.6 is 0 Å². The number of rotatable bonds is 1. The van der Waals surface area contributed by atoms with Gasteiger partial charge in [0, 0.05) is 24.8 Å². The van der Waals surface area contributed by atoms with Crippen molar-refractivity contribution in [1.82, 2.24) is 0 Å². The van der Waals surface area contributed by atoms with Gasteiger partial charge in [0.05, 0.1) is 24.4 Å². The van der Waals surface area contributed by atoms with Gasteiger partial charge in [0.15, 0.2) is 6.10 Å². The second kappa shape index (κ2) is 4.71. The minimum Gasteiger partial charge on any atom is -0.378 e. The Balaban J connectivity index is 1.69. The van der Waals surface area contributed by atoms with Crippen molar-refractivity contribution >= 4 is 17.3 Å². The molecule has 1 aromatic rings. The van der Waals surface area contributed by atoms with Crippen molar-refractivity contribution in [3.05, 3.63) is 23.8 Å². The molecule has 3 aliphatic rings. The Labute approximate surface area is 124 Å². The monoisotopic (exact) mass is 288 g/mol. The summed E-state index contributed by atoms with van der Waals surface area (Å²) in [5, 5.41) is 9.95. The van der Waals surface area contributed by atoms with Gasteiger partial charge in [-0.3, -0.25) is 4.79 Å². The minimum absolute atomic E-state index is 0.247. The Hall–Kier alpha value is -1.59. The van der Waals surface area contributed by atoms with Crippen LogP contribution in [0.5, 0.6) is 0 Å². The molecule has 1 saturated carbocycles. The highest BCUT2D eigenvalue weighted by Gasteiger charge is 2.38. The largest absolute Gasteiger partial charge is 0.378 e. The normalized spacial score (nSPS) is 31.5. The molecule has 5 heteroatoms. The zero-order valence-corrected chi connectivity index (χ0v) is 12.2. The molecule has 1 aromatic carbocycles. The summed E-state index contributed by atoms with van der Waals surface area (Å²) in [5.41, 5.74) is 2.66. The third-order valence-corrected chi connectivity index (χ3v) is 5.05. The second-order valence-electron chi connectivity index (χ2n) is 6.14. The zero-order valence-electron chi connectivity index (χ0n) is 12.2. The fraction of sp³-hybridized carbons (Fsp3) is 0.562. The van der Waals surface area contributed by atoms with Crippen LogP contribution in [0.15, 0.2) is 18.2 Å². The van der Waals surface area contributed by atoms with Crippen LogP contribution in [0.25, 0.3) is 0 Å². The van der Waals surface area contributed by atoms with Gasteiger partial charge in [-0.1, -0.05) is 6.07 Å². The number of hydrogen-bond donors (Lipinski definition) is 1. The van der Waals surface area contributed by atoms with E-state index in [0.717, 1.165) is 30.9 Å². The fourth-order valence-electron chi connectivity index (χ4n) is 3.91. The summed E-state index contributed by atoms with van der Waals surface area (Å²) in [6.45, 7) is 1.65. The molecule has 21 heavy (non-hydrogen) atoms. The minimum atomic E-state index is -1.01. The first-order valence-electron chi connectivity index (χ1n) is 7.64. The topological polar surface area (TPSA) is 53.0 Å². The van der Waals surface area contributed by atoms with E-state index in [-0.39, 0.29) is 5.91 Å². The van der Waals surface area contributed by atoms with Gasteiger partial charge < -0.3 is 19.6 Å². The molecule has 112 valence electrons. The Morgan fingerprint density at radius 1 is 1.33 bits per heavy atom. The van der Waals surface area contributed by atoms with Crippen LogP contribution in [0.4, 0.5) is 11.4 Å². The summed E-state index contributed by atoms with van der Waals surface area (Å²) in [6.07, 6.45) is 2.86. The Bertz CT molecular complexity index is 589. The van der Waals surface area contributed by atoms with Crippen molar-refractivity contribution in [3.8, 4) is 0 Å². The number of morpholine rings is 1. The molecule has 2 fully saturated rings. The first-order chi connectivity index (χ1) is 10.2. The van der Waals surface area contributed by atoms with E-state index >= 15 is 0 Å². The average molecular weight is 288 g/mol. The maximum absolute atomic E-state index is 11.9. The van der Waals surface area contributed by atoms with E-state index in [2.05, 4.69) is 4.90 Å². The van der Waals surface area contributed by atoms with Gasteiger partial charge in [0.2, 0.25) is 0 Å². The Morgan fingerprint density at radius 3 is 3.05 bits per heavy atom. The van der Waals surface area contributed by atoms with E-state index in [1.807, 2.05) is 18.2 Å². The molecule has 5 nitrogen and oxygen atoms in total. The summed E-state index contributed by atoms with van der Waals surface area (Å²) in [6, 6.07) is 6.39. The van der Waals surface area contributed by atoms with Gasteiger partial charge in [0.25, 0.3) is 5.91 Å². The predicted octanol–water partition coefficient (Wildman–Crippen LogP) is 1.45. The first kappa shape index (κ1) is 13.1. The van der Waals surface area contributed by atoms with Crippen molar-refractivity contribution < 1.29 is 14.6 Å². The number of nitrogens with zero attached hydrogens (tertiary/aromatic N) is 2. The number of fused-ring (bicyclic) bond motifs is 2. The van der Waals surface area contributed by atoms with Gasteiger partial charge in [0.1, 0.15) is 0 Å². The molecule has 0 aromatic heterocycles. The van der Waals surface area contributed by atoms with Crippen molar-refractivity contribution in [2.24, 2.45) is 0 Å². The van der Waals surface area contributed by atoms with E-state index < -0.39 is 6.10 Å². The van der Waals surface area contributed by atoms with Gasteiger partial charge in [-0.15, -0.1) is 0 Å². The van der Waals surface area contributed by atoms with E-state index in [4.69, 9.17) is 4.74 Å². The molecular formula is C16H20N2O3. The molecule has 2 aliphatic heterocycles. The highest BCUT2D eigenvalue weighted by atomic mass is 16.5. The van der Waals surface area contributed by atoms with Gasteiger partial charge in [-0.2, -0.15) is 0 Å². The number of carbonyl (C=O) groups excluding carboxylic acids is 1. The number of aliphatic hydroxyl groups is 1. The summed E-state index contributed by atoms with van der Waals surface area (Å²) in [7, 11) is 1.72. The van der Waals surface area contributed by atoms with Crippen LogP contribution in [0.3, 0.4) is 0 Å². The highest BCUT2D eigenvalue weighted by molar-refractivity contribution is 6.03. The fourth-order valence-corrected chi connectivity index (χ4v) is 3.91. The first-order valence-corrected chi connectivity index (χ1v) is 7.64. The number of hydrogen-bond acceptors (Lipinski definition) is 4. The van der Waals surface area contributed by atoms with E-state index in [9.17, 15) is 9.90 Å². The molecule has 2 heterocycles. The second-order valence-corrected chi connectivity index (χ2v) is 6.14. The number of amides is 1. The third-order valence-electron chi connectivity index (χ3n) is 5.05. The lowest BCUT2D eigenvalue weighted by molar-refractivity contribution is -0.125. The van der Waals surface area contributed by atoms with E-state index in [1.165, 1.54) is 12.8 Å². The molecule has 1 N–H and O–H groups in total. The number of anilines is 2. The van der Waals surface area contributed by atoms with Gasteiger partial charge in [-0.25, -0.2) is 0 Å². The molecule has 4 rings (SSSR count). The lowest BCUT2D eigenvalue weighted by Crippen LogP contribution is -2.48. The zero-order chi connectivity index (χ0) is 14.6. The summed E-state index contributed by atoms with van der Waals surface area (Å²) < 4.78 is 5.86. The molecular weight excluding hydrogens is 268 g/mol. The number of carbonyl (C=O) groups is 1. The third kappa shape index (κ3) is 1.88. The maximum Gasteiger partial charge on any atom is 0.260 e. The van der Waals surface area contributed by atoms with Crippen LogP contribution in [0.1, 0.15) is 30.9 Å². The highest BCUT2D eigenvalue weighted by Crippen LogP contribution is 2.40. The van der Waals surface area contributed by atoms with Crippen molar-refractivity contribution in [1.29, 1.82) is 0 Å². The smallest absolute Gasteiger partial charge is 0.260 e. The average Bonchev–Trinajstić information content (AvgIpc) is 3.07. The van der Waals surface area contributed by atoms with Crippen LogP contribution < -0.4 is 9.80 Å². The molecule has 3 unspecified atom stereocenters. The van der Waals surface area contributed by atoms with Crippen LogP contribution in [-0.4, -0.2) is 43.4 Å². The Kier molecular flexibility index (Phi) is 2.94. The predicted molar refractivity (Wildman–Crippen MR) is 79.5 cm³/mol. The maximum atomic E-state index is 11.9. The molecule has 0 radical (unpaired) electrons. The van der Waals surface area contributed by atoms with E-state index in [0.29, 0.717) is 17.7 Å². The number of aliphatic hydroxyl groups excluding tert-OH is 1. The summed E-state index contributed by atoms with van der Waals surface area (Å²) in [4.78, 5) is 15.8. The standard InChI is InChI=1S/C16H20N2O3/c1-17-13-9-10(5-6-11(13)15(19)16(17)20)18-7-8-21-14-4-2-3-12(14)18/h5-6,9,12,14-15,19H,2-4,7-8H2,1H3. The lowest BCUT2D eigenvalue weighted by Gasteiger charge is -2.39. The van der Waals surface area contributed by atoms with Crippen LogP contribution in [0, 0.1) is 0 Å². The van der Waals surface area contributed by atoms with Crippen LogP contribution in [-0.2, 0) is 9.53 Å². The lowest BCUT2D eigenvalue weighted by atomic mass is 10.1. The van der Waals surface area contributed by atoms with Crippen molar-refractivity contribution in [2.45, 2.75) is 37.5 Å². The molecule has 0 bridgehead atoms. The Morgan fingerprint density at radius 2 is 2.19 bits per heavy atom. The number of ether oxygens (including phenoxy) is 1. The summed E-state index contributed by atoms with van der Waals surface area (Å²) >= 11 is 0. The van der Waals surface area contributed by atoms with Gasteiger partial charge in [-0.05, 0) is 31.4 Å². The van der Waals surface area contributed by atoms with Crippen LogP contribution in [0.2, 0.25) is 0 Å². The number of benzene rings is 1. The SMILES string of the molecule is CN1C(=O)C(O)c2ccc(N3CCOC4CCCC43)cc21. The van der Waals surface area contributed by atoms with E-state index in [1.54, 1.807) is 11.9 Å². The summed E-state index contributed by atoms with van der Waals surface area (Å²) in [5.74, 6) is -0.247. The quantitative estimate of drug-likeness (QED) is 0.850. The molecule has 1 amide bonds. The number of likely N-dealkylation sites (N-methyl/N-ethyl adjacent to an activating group) is 1. The molecule has 3 atom stereocenters.